The molecule has 0 aromatic heterocycles. The van der Waals surface area contributed by atoms with Crippen LogP contribution in [0.2, 0.25) is 0 Å². The van der Waals surface area contributed by atoms with Crippen molar-refractivity contribution in [2.75, 3.05) is 6.61 Å². The van der Waals surface area contributed by atoms with E-state index < -0.39 is 0 Å². The summed E-state index contributed by atoms with van der Waals surface area (Å²) < 4.78 is 5.04. The molecule has 0 aromatic rings. The van der Waals surface area contributed by atoms with E-state index in [0.29, 0.717) is 13.0 Å². The molecule has 24 heavy (non-hydrogen) atoms. The van der Waals surface area contributed by atoms with Crippen LogP contribution in [0.5, 0.6) is 0 Å². The summed E-state index contributed by atoms with van der Waals surface area (Å²) in [6, 6.07) is -0.0708. The predicted octanol–water partition coefficient (Wildman–Crippen LogP) is 5.69. The number of nitrogens with two attached hydrogens (primary N) is 1. The van der Waals surface area contributed by atoms with Crippen LogP contribution in [0.15, 0.2) is 24.3 Å². The molecule has 2 N–H and O–H groups in total. The van der Waals surface area contributed by atoms with Crippen molar-refractivity contribution >= 4 is 5.97 Å². The molecule has 0 aromatic carbocycles. The monoisotopic (exact) mass is 337 g/mol. The topological polar surface area (TPSA) is 52.3 Å². The van der Waals surface area contributed by atoms with E-state index in [0.717, 1.165) is 19.3 Å². The summed E-state index contributed by atoms with van der Waals surface area (Å²) in [4.78, 5) is 11.4. The summed E-state index contributed by atoms with van der Waals surface area (Å²) in [5, 5.41) is 0. The molecule has 0 fully saturated rings. The average Bonchev–Trinajstić information content (AvgIpc) is 2.56. The molecule has 0 aliphatic carbocycles. The highest BCUT2D eigenvalue weighted by molar-refractivity contribution is 5.69. The minimum absolute atomic E-state index is 0.0708. The van der Waals surface area contributed by atoms with Crippen molar-refractivity contribution in [1.82, 2.24) is 0 Å². The van der Waals surface area contributed by atoms with Crippen molar-refractivity contribution in [2.45, 2.75) is 96.9 Å². The van der Waals surface area contributed by atoms with E-state index in [1.165, 1.54) is 51.4 Å². The van der Waals surface area contributed by atoms with Crippen LogP contribution in [-0.4, -0.2) is 18.6 Å². The minimum Gasteiger partial charge on any atom is -0.464 e. The molecule has 0 aliphatic rings. The zero-order valence-corrected chi connectivity index (χ0v) is 16.0. The van der Waals surface area contributed by atoms with Gasteiger partial charge in [-0.25, -0.2) is 0 Å². The van der Waals surface area contributed by atoms with Crippen LogP contribution < -0.4 is 5.73 Å². The fraction of sp³-hybridized carbons (Fsp3) is 0.762. The molecule has 0 spiro atoms. The lowest BCUT2D eigenvalue weighted by molar-refractivity contribution is -0.144. The van der Waals surface area contributed by atoms with Crippen molar-refractivity contribution in [2.24, 2.45) is 5.73 Å². The zero-order chi connectivity index (χ0) is 17.9. The number of carbonyl (C=O) groups is 1. The highest BCUT2D eigenvalue weighted by atomic mass is 16.5. The Hall–Kier alpha value is -1.09. The summed E-state index contributed by atoms with van der Waals surface area (Å²) in [6.07, 6.45) is 22.8. The number of rotatable bonds is 16. The fourth-order valence-corrected chi connectivity index (χ4v) is 2.38. The molecule has 3 nitrogen and oxygen atoms in total. The molecule has 0 aliphatic heterocycles. The third-order valence-electron chi connectivity index (χ3n) is 3.84. The minimum atomic E-state index is -0.113. The Morgan fingerprint density at radius 2 is 1.50 bits per heavy atom. The van der Waals surface area contributed by atoms with Crippen molar-refractivity contribution < 1.29 is 9.53 Å². The molecule has 1 unspecified atom stereocenters. The van der Waals surface area contributed by atoms with E-state index >= 15 is 0 Å². The van der Waals surface area contributed by atoms with Crippen molar-refractivity contribution in [3.05, 3.63) is 24.3 Å². The van der Waals surface area contributed by atoms with Crippen LogP contribution in [0.25, 0.3) is 0 Å². The van der Waals surface area contributed by atoms with Crippen molar-refractivity contribution in [3.63, 3.8) is 0 Å². The van der Waals surface area contributed by atoms with Crippen LogP contribution in [0.1, 0.15) is 90.9 Å². The van der Waals surface area contributed by atoms with Crippen LogP contribution in [0.4, 0.5) is 0 Å². The number of unbranched alkanes of at least 4 members (excludes halogenated alkanes) is 8. The Morgan fingerprint density at radius 1 is 0.917 bits per heavy atom. The summed E-state index contributed by atoms with van der Waals surface area (Å²) >= 11 is 0. The number of esters is 1. The molecule has 140 valence electrons. The van der Waals surface area contributed by atoms with Gasteiger partial charge in [-0.15, -0.1) is 0 Å². The standard InChI is InChI=1S/C21H39NO2/c1-3-4-5-6-7-8-9-10-11-12-13-14-15-16-17-18-21(23)24-19-20(2)22/h7-8,10-11,20H,3-6,9,12-19,22H2,1-2H3/b8-7+,11-10+. The van der Waals surface area contributed by atoms with E-state index in [-0.39, 0.29) is 12.0 Å². The third-order valence-corrected chi connectivity index (χ3v) is 3.84. The maximum atomic E-state index is 11.4. The van der Waals surface area contributed by atoms with Crippen LogP contribution in [0.3, 0.4) is 0 Å². The van der Waals surface area contributed by atoms with Gasteiger partial charge in [0.25, 0.3) is 0 Å². The molecular formula is C21H39NO2. The largest absolute Gasteiger partial charge is 0.464 e. The number of hydrogen-bond donors (Lipinski definition) is 1. The smallest absolute Gasteiger partial charge is 0.305 e. The molecule has 0 radical (unpaired) electrons. The molecule has 0 rings (SSSR count). The van der Waals surface area contributed by atoms with Crippen molar-refractivity contribution in [1.29, 1.82) is 0 Å². The van der Waals surface area contributed by atoms with Crippen molar-refractivity contribution in [3.8, 4) is 0 Å². The fourth-order valence-electron chi connectivity index (χ4n) is 2.38. The molecule has 0 heterocycles. The molecule has 0 saturated heterocycles. The normalized spacial score (nSPS) is 13.0. The van der Waals surface area contributed by atoms with Gasteiger partial charge in [0.05, 0.1) is 0 Å². The van der Waals surface area contributed by atoms with Gasteiger partial charge in [-0.1, -0.05) is 63.3 Å². The Bertz CT molecular complexity index is 335. The number of hydrogen-bond acceptors (Lipinski definition) is 3. The van der Waals surface area contributed by atoms with Crippen LogP contribution in [-0.2, 0) is 9.53 Å². The molecule has 0 bridgehead atoms. The molecule has 3 heteroatoms. The second-order valence-electron chi connectivity index (χ2n) is 6.64. The van der Waals surface area contributed by atoms with E-state index in [9.17, 15) is 4.79 Å². The van der Waals surface area contributed by atoms with E-state index in [1.807, 2.05) is 6.92 Å². The van der Waals surface area contributed by atoms with Gasteiger partial charge in [0.1, 0.15) is 6.61 Å². The Labute approximate surface area is 149 Å². The molecule has 0 saturated carbocycles. The number of allylic oxidation sites excluding steroid dienone is 4. The van der Waals surface area contributed by atoms with Gasteiger partial charge < -0.3 is 10.5 Å². The first kappa shape index (κ1) is 22.9. The van der Waals surface area contributed by atoms with Gasteiger partial charge in [-0.05, 0) is 45.4 Å². The number of carbonyl (C=O) groups excluding carboxylic acids is 1. The summed E-state index contributed by atoms with van der Waals surface area (Å²) in [5.74, 6) is -0.113. The van der Waals surface area contributed by atoms with E-state index in [2.05, 4.69) is 31.2 Å². The average molecular weight is 338 g/mol. The van der Waals surface area contributed by atoms with E-state index in [4.69, 9.17) is 10.5 Å². The first-order valence-corrected chi connectivity index (χ1v) is 9.88. The second kappa shape index (κ2) is 18.3. The van der Waals surface area contributed by atoms with Crippen LogP contribution in [0, 0.1) is 0 Å². The Kier molecular flexibility index (Phi) is 17.4. The lowest BCUT2D eigenvalue weighted by Gasteiger charge is -2.06. The highest BCUT2D eigenvalue weighted by Gasteiger charge is 2.03. The van der Waals surface area contributed by atoms with Gasteiger partial charge in [-0.3, -0.25) is 4.79 Å². The van der Waals surface area contributed by atoms with Crippen LogP contribution >= 0.6 is 0 Å². The lowest BCUT2D eigenvalue weighted by Crippen LogP contribution is -2.23. The third kappa shape index (κ3) is 19.0. The van der Waals surface area contributed by atoms with Gasteiger partial charge in [0.2, 0.25) is 0 Å². The molecule has 0 amide bonds. The molecule has 1 atom stereocenters. The first-order chi connectivity index (χ1) is 11.7. The van der Waals surface area contributed by atoms with Gasteiger partial charge >= 0.3 is 5.97 Å². The first-order valence-electron chi connectivity index (χ1n) is 9.88. The zero-order valence-electron chi connectivity index (χ0n) is 16.0. The van der Waals surface area contributed by atoms with Gasteiger partial charge in [-0.2, -0.15) is 0 Å². The summed E-state index contributed by atoms with van der Waals surface area (Å²) in [7, 11) is 0. The van der Waals surface area contributed by atoms with Gasteiger partial charge in [0.15, 0.2) is 0 Å². The Balaban J connectivity index is 3.27. The summed E-state index contributed by atoms with van der Waals surface area (Å²) in [5.41, 5.74) is 5.54. The maximum absolute atomic E-state index is 11.4. The SMILES string of the molecule is CCCCC/C=C/C/C=C/CCCCCCCC(=O)OCC(C)N. The number of ether oxygens (including phenoxy) is 1. The lowest BCUT2D eigenvalue weighted by atomic mass is 10.1. The molecular weight excluding hydrogens is 298 g/mol. The highest BCUT2D eigenvalue weighted by Crippen LogP contribution is 2.08. The predicted molar refractivity (Wildman–Crippen MR) is 104 cm³/mol. The second-order valence-corrected chi connectivity index (χ2v) is 6.64. The van der Waals surface area contributed by atoms with E-state index in [1.54, 1.807) is 0 Å². The maximum Gasteiger partial charge on any atom is 0.305 e. The quantitative estimate of drug-likeness (QED) is 0.223. The Morgan fingerprint density at radius 3 is 2.12 bits per heavy atom. The summed E-state index contributed by atoms with van der Waals surface area (Å²) in [6.45, 7) is 4.41. The van der Waals surface area contributed by atoms with Gasteiger partial charge in [0, 0.05) is 12.5 Å².